The summed E-state index contributed by atoms with van der Waals surface area (Å²) in [7, 11) is 0. The van der Waals surface area contributed by atoms with Crippen LogP contribution < -0.4 is 5.32 Å². The third-order valence-corrected chi connectivity index (χ3v) is 4.86. The summed E-state index contributed by atoms with van der Waals surface area (Å²) in [6, 6.07) is 0.459. The molecular weight excluding hydrogens is 332 g/mol. The van der Waals surface area contributed by atoms with Crippen molar-refractivity contribution < 1.29 is 4.74 Å². The van der Waals surface area contributed by atoms with E-state index >= 15 is 0 Å². The summed E-state index contributed by atoms with van der Waals surface area (Å²) in [5, 5.41) is 8.27. The molecule has 0 bridgehead atoms. The number of rotatable bonds is 7. The summed E-state index contributed by atoms with van der Waals surface area (Å²) in [4.78, 5) is 2.46. The van der Waals surface area contributed by atoms with Crippen LogP contribution in [-0.2, 0) is 24.2 Å². The predicted octanol–water partition coefficient (Wildman–Crippen LogP) is 2.04. The third kappa shape index (κ3) is 4.52. The van der Waals surface area contributed by atoms with E-state index in [0.717, 1.165) is 62.5 Å². The van der Waals surface area contributed by atoms with Crippen LogP contribution in [0.3, 0.4) is 0 Å². The lowest BCUT2D eigenvalue weighted by atomic mass is 10.2. The SMILES string of the molecule is CCc1nn(CC)c(CNC(C)CN2CCOCC2)c1Br. The first-order chi connectivity index (χ1) is 10.2. The maximum Gasteiger partial charge on any atom is 0.0767 e. The normalized spacial score (nSPS) is 18.1. The minimum Gasteiger partial charge on any atom is -0.379 e. The molecule has 1 fully saturated rings. The van der Waals surface area contributed by atoms with Crippen molar-refractivity contribution in [2.45, 2.75) is 46.3 Å². The summed E-state index contributed by atoms with van der Waals surface area (Å²) >= 11 is 3.70. The third-order valence-electron chi connectivity index (χ3n) is 3.95. The number of hydrogen-bond donors (Lipinski definition) is 1. The Morgan fingerprint density at radius 1 is 1.33 bits per heavy atom. The van der Waals surface area contributed by atoms with Crippen LogP contribution in [0.2, 0.25) is 0 Å². The summed E-state index contributed by atoms with van der Waals surface area (Å²) in [5.41, 5.74) is 2.40. The number of aromatic nitrogens is 2. The second-order valence-electron chi connectivity index (χ2n) is 5.57. The van der Waals surface area contributed by atoms with Crippen molar-refractivity contribution in [1.82, 2.24) is 20.0 Å². The van der Waals surface area contributed by atoms with E-state index in [1.165, 1.54) is 5.69 Å². The van der Waals surface area contributed by atoms with E-state index in [2.05, 4.69) is 56.7 Å². The van der Waals surface area contributed by atoms with E-state index in [4.69, 9.17) is 4.74 Å². The van der Waals surface area contributed by atoms with Crippen LogP contribution in [0.4, 0.5) is 0 Å². The number of hydrogen-bond acceptors (Lipinski definition) is 4. The second kappa shape index (κ2) is 8.27. The molecule has 0 aliphatic carbocycles. The quantitative estimate of drug-likeness (QED) is 0.809. The van der Waals surface area contributed by atoms with Gasteiger partial charge in [-0.25, -0.2) is 0 Å². The highest BCUT2D eigenvalue weighted by Gasteiger charge is 2.16. The van der Waals surface area contributed by atoms with E-state index < -0.39 is 0 Å². The van der Waals surface area contributed by atoms with Gasteiger partial charge >= 0.3 is 0 Å². The highest BCUT2D eigenvalue weighted by atomic mass is 79.9. The molecule has 21 heavy (non-hydrogen) atoms. The Hall–Kier alpha value is -0.430. The van der Waals surface area contributed by atoms with Crippen molar-refractivity contribution in [3.8, 4) is 0 Å². The zero-order chi connectivity index (χ0) is 15.2. The Labute approximate surface area is 136 Å². The van der Waals surface area contributed by atoms with Gasteiger partial charge in [-0.2, -0.15) is 5.10 Å². The van der Waals surface area contributed by atoms with Crippen LogP contribution in [0.1, 0.15) is 32.2 Å². The first kappa shape index (κ1) is 16.9. The Kier molecular flexibility index (Phi) is 6.67. The molecule has 1 unspecified atom stereocenters. The Morgan fingerprint density at radius 3 is 2.67 bits per heavy atom. The van der Waals surface area contributed by atoms with Crippen LogP contribution in [0.5, 0.6) is 0 Å². The first-order valence-corrected chi connectivity index (χ1v) is 8.72. The van der Waals surface area contributed by atoms with E-state index in [1.807, 2.05) is 0 Å². The molecule has 120 valence electrons. The zero-order valence-corrected chi connectivity index (χ0v) is 14.9. The number of halogens is 1. The molecule has 1 saturated heterocycles. The molecule has 0 radical (unpaired) electrons. The van der Waals surface area contributed by atoms with Gasteiger partial charge in [0, 0.05) is 38.8 Å². The number of nitrogens with zero attached hydrogens (tertiary/aromatic N) is 3. The van der Waals surface area contributed by atoms with Crippen molar-refractivity contribution in [2.75, 3.05) is 32.8 Å². The Balaban J connectivity index is 1.88. The first-order valence-electron chi connectivity index (χ1n) is 7.93. The van der Waals surface area contributed by atoms with Gasteiger partial charge in [0.1, 0.15) is 0 Å². The smallest absolute Gasteiger partial charge is 0.0767 e. The molecule has 1 aromatic rings. The number of ether oxygens (including phenoxy) is 1. The minimum absolute atomic E-state index is 0.459. The highest BCUT2D eigenvalue weighted by molar-refractivity contribution is 9.10. The molecule has 1 N–H and O–H groups in total. The molecule has 6 heteroatoms. The van der Waals surface area contributed by atoms with Crippen molar-refractivity contribution in [1.29, 1.82) is 0 Å². The number of aryl methyl sites for hydroxylation is 2. The van der Waals surface area contributed by atoms with Gasteiger partial charge < -0.3 is 10.1 Å². The molecule has 5 nitrogen and oxygen atoms in total. The lowest BCUT2D eigenvalue weighted by Crippen LogP contribution is -2.44. The number of nitrogens with one attached hydrogen (secondary N) is 1. The average Bonchev–Trinajstić information content (AvgIpc) is 2.81. The van der Waals surface area contributed by atoms with Crippen LogP contribution in [0.15, 0.2) is 4.47 Å². The van der Waals surface area contributed by atoms with Crippen molar-refractivity contribution in [3.05, 3.63) is 15.9 Å². The summed E-state index contributed by atoms with van der Waals surface area (Å²) in [6.07, 6.45) is 0.962. The molecule has 0 spiro atoms. The zero-order valence-electron chi connectivity index (χ0n) is 13.4. The van der Waals surface area contributed by atoms with Crippen molar-refractivity contribution in [3.63, 3.8) is 0 Å². The van der Waals surface area contributed by atoms with Gasteiger partial charge in [0.05, 0.1) is 29.1 Å². The molecule has 0 saturated carbocycles. The van der Waals surface area contributed by atoms with Gasteiger partial charge in [-0.1, -0.05) is 6.92 Å². The lowest BCUT2D eigenvalue weighted by Gasteiger charge is -2.29. The fraction of sp³-hybridized carbons (Fsp3) is 0.800. The van der Waals surface area contributed by atoms with Crippen molar-refractivity contribution in [2.24, 2.45) is 0 Å². The lowest BCUT2D eigenvalue weighted by molar-refractivity contribution is 0.0343. The monoisotopic (exact) mass is 358 g/mol. The molecule has 1 aliphatic rings. The molecule has 1 aliphatic heterocycles. The van der Waals surface area contributed by atoms with E-state index in [1.54, 1.807) is 0 Å². The molecule has 1 atom stereocenters. The summed E-state index contributed by atoms with van der Waals surface area (Å²) in [6.45, 7) is 13.2. The van der Waals surface area contributed by atoms with Gasteiger partial charge in [0.2, 0.25) is 0 Å². The maximum atomic E-state index is 5.39. The molecular formula is C15H27BrN4O. The molecule has 2 heterocycles. The van der Waals surface area contributed by atoms with Gasteiger partial charge in [-0.15, -0.1) is 0 Å². The van der Waals surface area contributed by atoms with E-state index in [-0.39, 0.29) is 0 Å². The maximum absolute atomic E-state index is 5.39. The van der Waals surface area contributed by atoms with E-state index in [9.17, 15) is 0 Å². The summed E-state index contributed by atoms with van der Waals surface area (Å²) in [5.74, 6) is 0. The fourth-order valence-corrected chi connectivity index (χ4v) is 3.40. The van der Waals surface area contributed by atoms with Gasteiger partial charge in [-0.3, -0.25) is 9.58 Å². The van der Waals surface area contributed by atoms with Crippen LogP contribution >= 0.6 is 15.9 Å². The molecule has 0 aromatic carbocycles. The largest absolute Gasteiger partial charge is 0.379 e. The molecule has 0 amide bonds. The van der Waals surface area contributed by atoms with Crippen LogP contribution in [0.25, 0.3) is 0 Å². The van der Waals surface area contributed by atoms with E-state index in [0.29, 0.717) is 6.04 Å². The van der Waals surface area contributed by atoms with Gasteiger partial charge in [0.15, 0.2) is 0 Å². The topological polar surface area (TPSA) is 42.3 Å². The average molecular weight is 359 g/mol. The Morgan fingerprint density at radius 2 is 2.05 bits per heavy atom. The van der Waals surface area contributed by atoms with Gasteiger partial charge in [0.25, 0.3) is 0 Å². The minimum atomic E-state index is 0.459. The summed E-state index contributed by atoms with van der Waals surface area (Å²) < 4.78 is 8.65. The van der Waals surface area contributed by atoms with Gasteiger partial charge in [-0.05, 0) is 36.2 Å². The molecule has 1 aromatic heterocycles. The second-order valence-corrected chi connectivity index (χ2v) is 6.36. The standard InChI is InChI=1S/C15H27BrN4O/c1-4-13-15(16)14(20(5-2)18-13)10-17-12(3)11-19-6-8-21-9-7-19/h12,17H,4-11H2,1-3H3. The van der Waals surface area contributed by atoms with Crippen LogP contribution in [-0.4, -0.2) is 53.6 Å². The van der Waals surface area contributed by atoms with Crippen LogP contribution in [0, 0.1) is 0 Å². The Bertz CT molecular complexity index is 443. The molecule has 2 rings (SSSR count). The highest BCUT2D eigenvalue weighted by Crippen LogP contribution is 2.22. The van der Waals surface area contributed by atoms with Crippen molar-refractivity contribution >= 4 is 15.9 Å². The number of morpholine rings is 1. The predicted molar refractivity (Wildman–Crippen MR) is 88.5 cm³/mol. The fourth-order valence-electron chi connectivity index (χ4n) is 2.69.